The molecular weight excluding hydrogens is 186 g/mol. The predicted octanol–water partition coefficient (Wildman–Crippen LogP) is 3.04. The zero-order chi connectivity index (χ0) is 10.1. The van der Waals surface area contributed by atoms with Crippen LogP contribution >= 0.6 is 11.6 Å². The van der Waals surface area contributed by atoms with Crippen LogP contribution in [0.15, 0.2) is 12.3 Å². The van der Waals surface area contributed by atoms with Gasteiger partial charge in [-0.05, 0) is 17.0 Å². The molecule has 3 heteroatoms. The Balaban J connectivity index is 3.10. The summed E-state index contributed by atoms with van der Waals surface area (Å²) in [6.45, 7) is 6.35. The van der Waals surface area contributed by atoms with Gasteiger partial charge in [0.25, 0.3) is 0 Å². The van der Waals surface area contributed by atoms with Crippen molar-refractivity contribution in [2.75, 3.05) is 7.11 Å². The third-order valence-electron chi connectivity index (χ3n) is 1.87. The molecule has 2 nitrogen and oxygen atoms in total. The van der Waals surface area contributed by atoms with E-state index in [0.29, 0.717) is 10.9 Å². The van der Waals surface area contributed by atoms with Crippen molar-refractivity contribution in [1.82, 2.24) is 4.98 Å². The first-order valence-corrected chi connectivity index (χ1v) is 4.53. The zero-order valence-corrected chi connectivity index (χ0v) is 9.14. The molecule has 0 aliphatic heterocycles. The number of nitrogens with zero attached hydrogens (tertiary/aromatic N) is 1. The van der Waals surface area contributed by atoms with Crippen LogP contribution in [-0.2, 0) is 5.41 Å². The highest BCUT2D eigenvalue weighted by molar-refractivity contribution is 6.31. The molecule has 0 aliphatic carbocycles. The average Bonchev–Trinajstić information content (AvgIpc) is 2.02. The van der Waals surface area contributed by atoms with Crippen molar-refractivity contribution in [3.63, 3.8) is 0 Å². The Morgan fingerprint density at radius 3 is 2.38 bits per heavy atom. The van der Waals surface area contributed by atoms with Crippen molar-refractivity contribution in [3.8, 4) is 5.88 Å². The van der Waals surface area contributed by atoms with E-state index in [0.717, 1.165) is 5.56 Å². The first-order valence-electron chi connectivity index (χ1n) is 4.15. The van der Waals surface area contributed by atoms with Crippen molar-refractivity contribution >= 4 is 11.6 Å². The van der Waals surface area contributed by atoms with Crippen LogP contribution in [0.25, 0.3) is 0 Å². The van der Waals surface area contributed by atoms with Gasteiger partial charge in [0.05, 0.1) is 7.11 Å². The molecule has 1 aromatic rings. The lowest BCUT2D eigenvalue weighted by atomic mass is 9.88. The molecular formula is C10H14ClNO. The number of hydrogen-bond donors (Lipinski definition) is 0. The summed E-state index contributed by atoms with van der Waals surface area (Å²) in [5.74, 6) is 0.481. The van der Waals surface area contributed by atoms with Crippen molar-refractivity contribution in [2.45, 2.75) is 26.2 Å². The molecule has 72 valence electrons. The van der Waals surface area contributed by atoms with E-state index in [2.05, 4.69) is 25.8 Å². The quantitative estimate of drug-likeness (QED) is 0.694. The topological polar surface area (TPSA) is 22.1 Å². The lowest BCUT2D eigenvalue weighted by Gasteiger charge is -2.18. The minimum absolute atomic E-state index is 0.0723. The second kappa shape index (κ2) is 3.54. The van der Waals surface area contributed by atoms with E-state index >= 15 is 0 Å². The fourth-order valence-corrected chi connectivity index (χ4v) is 1.23. The van der Waals surface area contributed by atoms with Crippen LogP contribution in [0, 0.1) is 0 Å². The molecule has 0 fully saturated rings. The Kier molecular flexibility index (Phi) is 2.81. The summed E-state index contributed by atoms with van der Waals surface area (Å²) >= 11 is 5.95. The maximum atomic E-state index is 5.95. The van der Waals surface area contributed by atoms with Gasteiger partial charge in [0.2, 0.25) is 5.88 Å². The molecule has 13 heavy (non-hydrogen) atoms. The Labute approximate surface area is 83.9 Å². The van der Waals surface area contributed by atoms with Crippen molar-refractivity contribution < 1.29 is 4.74 Å². The molecule has 1 aromatic heterocycles. The van der Waals surface area contributed by atoms with Gasteiger partial charge in [-0.1, -0.05) is 32.4 Å². The lowest BCUT2D eigenvalue weighted by Crippen LogP contribution is -2.11. The van der Waals surface area contributed by atoms with Crippen molar-refractivity contribution in [2.24, 2.45) is 0 Å². The summed E-state index contributed by atoms with van der Waals surface area (Å²) in [6, 6.07) is 1.90. The van der Waals surface area contributed by atoms with E-state index < -0.39 is 0 Å². The molecule has 0 aromatic carbocycles. The summed E-state index contributed by atoms with van der Waals surface area (Å²) < 4.78 is 4.97. The number of pyridine rings is 1. The number of halogens is 1. The molecule has 0 atom stereocenters. The summed E-state index contributed by atoms with van der Waals surface area (Å²) in [6.07, 6.45) is 1.80. The second-order valence-electron chi connectivity index (χ2n) is 3.97. The fraction of sp³-hybridized carbons (Fsp3) is 0.500. The number of rotatable bonds is 1. The number of aromatic nitrogens is 1. The van der Waals surface area contributed by atoms with Gasteiger partial charge in [-0.25, -0.2) is 4.98 Å². The van der Waals surface area contributed by atoms with Crippen LogP contribution in [0.4, 0.5) is 0 Å². The van der Waals surface area contributed by atoms with Gasteiger partial charge in [-0.2, -0.15) is 0 Å². The Morgan fingerprint density at radius 2 is 2.00 bits per heavy atom. The van der Waals surface area contributed by atoms with E-state index in [-0.39, 0.29) is 5.41 Å². The lowest BCUT2D eigenvalue weighted by molar-refractivity contribution is 0.397. The summed E-state index contributed by atoms with van der Waals surface area (Å²) in [4.78, 5) is 4.11. The Bertz CT molecular complexity index is 304. The Hall–Kier alpha value is -0.760. The highest BCUT2D eigenvalue weighted by atomic mass is 35.5. The van der Waals surface area contributed by atoms with E-state index in [4.69, 9.17) is 16.3 Å². The van der Waals surface area contributed by atoms with Crippen LogP contribution in [0.2, 0.25) is 5.02 Å². The molecule has 1 rings (SSSR count). The van der Waals surface area contributed by atoms with Crippen LogP contribution in [0.5, 0.6) is 5.88 Å². The van der Waals surface area contributed by atoms with Gasteiger partial charge < -0.3 is 4.74 Å². The summed E-state index contributed by atoms with van der Waals surface area (Å²) in [5, 5.41) is 0.565. The predicted molar refractivity (Wildman–Crippen MR) is 54.5 cm³/mol. The van der Waals surface area contributed by atoms with Gasteiger partial charge in [0.15, 0.2) is 0 Å². The normalized spacial score (nSPS) is 11.5. The zero-order valence-electron chi connectivity index (χ0n) is 8.39. The van der Waals surface area contributed by atoms with Crippen molar-refractivity contribution in [1.29, 1.82) is 0 Å². The van der Waals surface area contributed by atoms with Crippen LogP contribution < -0.4 is 4.74 Å². The van der Waals surface area contributed by atoms with Crippen LogP contribution in [-0.4, -0.2) is 12.1 Å². The van der Waals surface area contributed by atoms with E-state index in [1.807, 2.05) is 6.07 Å². The number of hydrogen-bond acceptors (Lipinski definition) is 2. The number of ether oxygens (including phenoxy) is 1. The molecule has 0 bridgehead atoms. The first-order chi connectivity index (χ1) is 5.95. The summed E-state index contributed by atoms with van der Waals surface area (Å²) in [7, 11) is 1.56. The van der Waals surface area contributed by atoms with Crippen LogP contribution in [0.1, 0.15) is 26.3 Å². The minimum Gasteiger partial charge on any atom is -0.480 e. The van der Waals surface area contributed by atoms with E-state index in [9.17, 15) is 0 Å². The monoisotopic (exact) mass is 199 g/mol. The smallest absolute Gasteiger partial charge is 0.232 e. The molecule has 0 amide bonds. The highest BCUT2D eigenvalue weighted by Gasteiger charge is 2.15. The van der Waals surface area contributed by atoms with Gasteiger partial charge in [-0.15, -0.1) is 0 Å². The van der Waals surface area contributed by atoms with E-state index in [1.54, 1.807) is 13.3 Å². The minimum atomic E-state index is 0.0723. The molecule has 0 saturated carbocycles. The third-order valence-corrected chi connectivity index (χ3v) is 2.14. The maximum Gasteiger partial charge on any atom is 0.232 e. The van der Waals surface area contributed by atoms with Gasteiger partial charge in [0.1, 0.15) is 5.02 Å². The highest BCUT2D eigenvalue weighted by Crippen LogP contribution is 2.28. The van der Waals surface area contributed by atoms with Gasteiger partial charge in [0, 0.05) is 6.20 Å². The largest absolute Gasteiger partial charge is 0.480 e. The van der Waals surface area contributed by atoms with Crippen molar-refractivity contribution in [3.05, 3.63) is 22.8 Å². The Morgan fingerprint density at radius 1 is 1.38 bits per heavy atom. The van der Waals surface area contributed by atoms with Gasteiger partial charge >= 0.3 is 0 Å². The molecule has 0 N–H and O–H groups in total. The maximum absolute atomic E-state index is 5.95. The molecule has 0 radical (unpaired) electrons. The molecule has 1 heterocycles. The average molecular weight is 200 g/mol. The summed E-state index contributed by atoms with van der Waals surface area (Å²) in [5.41, 5.74) is 1.18. The molecule has 0 aliphatic rings. The molecule has 0 spiro atoms. The van der Waals surface area contributed by atoms with Gasteiger partial charge in [-0.3, -0.25) is 0 Å². The van der Waals surface area contributed by atoms with Crippen LogP contribution in [0.3, 0.4) is 0 Å². The SMILES string of the molecule is COc1ncc(C(C)(C)C)cc1Cl. The van der Waals surface area contributed by atoms with E-state index in [1.165, 1.54) is 0 Å². The first kappa shape index (κ1) is 10.3. The molecule has 0 unspecified atom stereocenters. The molecule has 0 saturated heterocycles. The number of methoxy groups -OCH3 is 1. The standard InChI is InChI=1S/C10H14ClNO/c1-10(2,3)7-5-8(11)9(13-4)12-6-7/h5-6H,1-4H3. The third kappa shape index (κ3) is 2.34. The second-order valence-corrected chi connectivity index (χ2v) is 4.37. The fourth-order valence-electron chi connectivity index (χ4n) is 0.986.